The fraction of sp³-hybridized carbons (Fsp3) is 0.714. The molecule has 0 heterocycles. The van der Waals surface area contributed by atoms with Crippen molar-refractivity contribution in [1.82, 2.24) is 10.2 Å². The van der Waals surface area contributed by atoms with E-state index in [9.17, 15) is 19.2 Å². The second kappa shape index (κ2) is 8.35. The van der Waals surface area contributed by atoms with E-state index in [0.717, 1.165) is 12.8 Å². The number of nitrogens with zero attached hydrogens (tertiary/aromatic N) is 1. The van der Waals surface area contributed by atoms with Gasteiger partial charge >= 0.3 is 12.1 Å². The first-order valence-electron chi connectivity index (χ1n) is 7.19. The number of likely N-dealkylation sites (N-methyl/N-ethyl adjacent to an activating group) is 1. The summed E-state index contributed by atoms with van der Waals surface area (Å²) in [7, 11) is 1.48. The summed E-state index contributed by atoms with van der Waals surface area (Å²) in [5.41, 5.74) is 0. The van der Waals surface area contributed by atoms with Gasteiger partial charge in [-0.1, -0.05) is 6.42 Å². The van der Waals surface area contributed by atoms with Crippen LogP contribution in [0.25, 0.3) is 0 Å². The summed E-state index contributed by atoms with van der Waals surface area (Å²) in [5, 5.41) is 2.35. The highest BCUT2D eigenvalue weighted by Crippen LogP contribution is 2.19. The quantitative estimate of drug-likeness (QED) is 0.588. The number of carbonyl (C=O) groups is 4. The predicted molar refractivity (Wildman–Crippen MR) is 75.7 cm³/mol. The number of amides is 2. The number of hydrogen-bond donors (Lipinski definition) is 1. The molecule has 0 spiro atoms. The zero-order valence-corrected chi connectivity index (χ0v) is 13.1. The van der Waals surface area contributed by atoms with Crippen LogP contribution in [0, 0.1) is 0 Å². The van der Waals surface area contributed by atoms with Gasteiger partial charge in [-0.2, -0.15) is 0 Å². The summed E-state index contributed by atoms with van der Waals surface area (Å²) in [6, 6.07) is -1.30. The summed E-state index contributed by atoms with van der Waals surface area (Å²) < 4.78 is 9.54. The molecule has 2 unspecified atom stereocenters. The first-order chi connectivity index (χ1) is 10.3. The van der Waals surface area contributed by atoms with Crippen LogP contribution in [-0.2, 0) is 23.9 Å². The SMILES string of the molecule is CC(=O)NC(C)C(=O)OCOC(=O)N(C)C1CCCCC1=O. The summed E-state index contributed by atoms with van der Waals surface area (Å²) in [6.07, 6.45) is 2.09. The minimum absolute atomic E-state index is 0.0157. The molecule has 0 aromatic heterocycles. The number of nitrogens with one attached hydrogen (secondary N) is 1. The van der Waals surface area contributed by atoms with Crippen LogP contribution in [0.1, 0.15) is 39.5 Å². The molecule has 0 bridgehead atoms. The van der Waals surface area contributed by atoms with Gasteiger partial charge in [-0.15, -0.1) is 0 Å². The number of rotatable bonds is 5. The zero-order chi connectivity index (χ0) is 16.7. The lowest BCUT2D eigenvalue weighted by Gasteiger charge is -2.29. The average molecular weight is 314 g/mol. The first kappa shape index (κ1) is 17.9. The van der Waals surface area contributed by atoms with Gasteiger partial charge in [0.1, 0.15) is 6.04 Å². The summed E-state index contributed by atoms with van der Waals surface area (Å²) in [4.78, 5) is 47.1. The highest BCUT2D eigenvalue weighted by Gasteiger charge is 2.29. The van der Waals surface area contributed by atoms with Gasteiger partial charge < -0.3 is 19.7 Å². The van der Waals surface area contributed by atoms with Crippen molar-refractivity contribution in [2.45, 2.75) is 51.6 Å². The minimum atomic E-state index is -0.825. The third kappa shape index (κ3) is 5.34. The second-order valence-corrected chi connectivity index (χ2v) is 5.25. The topological polar surface area (TPSA) is 102 Å². The monoisotopic (exact) mass is 314 g/mol. The molecule has 8 nitrogen and oxygen atoms in total. The number of hydrogen-bond acceptors (Lipinski definition) is 6. The van der Waals surface area contributed by atoms with Crippen molar-refractivity contribution in [2.75, 3.05) is 13.8 Å². The van der Waals surface area contributed by atoms with Crippen molar-refractivity contribution in [3.8, 4) is 0 Å². The standard InChI is InChI=1S/C14H22N2O6/c1-9(15-10(2)17)13(19)21-8-22-14(20)16(3)11-6-4-5-7-12(11)18/h9,11H,4-8H2,1-3H3,(H,15,17). The van der Waals surface area contributed by atoms with Crippen LogP contribution in [-0.4, -0.2) is 54.6 Å². The molecule has 1 N–H and O–H groups in total. The van der Waals surface area contributed by atoms with Crippen LogP contribution in [0.4, 0.5) is 4.79 Å². The lowest BCUT2D eigenvalue weighted by molar-refractivity contribution is -0.155. The van der Waals surface area contributed by atoms with Crippen molar-refractivity contribution in [3.63, 3.8) is 0 Å². The van der Waals surface area contributed by atoms with E-state index in [2.05, 4.69) is 5.32 Å². The van der Waals surface area contributed by atoms with Crippen molar-refractivity contribution in [2.24, 2.45) is 0 Å². The third-order valence-electron chi connectivity index (χ3n) is 3.43. The molecule has 22 heavy (non-hydrogen) atoms. The fourth-order valence-electron chi connectivity index (χ4n) is 2.23. The molecule has 124 valence electrons. The summed E-state index contributed by atoms with van der Waals surface area (Å²) >= 11 is 0. The molecule has 2 amide bonds. The van der Waals surface area contributed by atoms with Gasteiger partial charge in [-0.3, -0.25) is 9.59 Å². The van der Waals surface area contributed by atoms with Gasteiger partial charge in [0.05, 0.1) is 6.04 Å². The van der Waals surface area contributed by atoms with Crippen LogP contribution in [0.5, 0.6) is 0 Å². The highest BCUT2D eigenvalue weighted by atomic mass is 16.7. The second-order valence-electron chi connectivity index (χ2n) is 5.25. The Bertz CT molecular complexity index is 451. The summed E-state index contributed by atoms with van der Waals surface area (Å²) in [5.74, 6) is -1.06. The minimum Gasteiger partial charge on any atom is -0.426 e. The van der Waals surface area contributed by atoms with Gasteiger partial charge in [0.2, 0.25) is 12.7 Å². The van der Waals surface area contributed by atoms with Gasteiger partial charge in [0.25, 0.3) is 0 Å². The first-order valence-corrected chi connectivity index (χ1v) is 7.19. The molecule has 8 heteroatoms. The molecule has 0 radical (unpaired) electrons. The smallest absolute Gasteiger partial charge is 0.413 e. The number of esters is 1. The molecular formula is C14H22N2O6. The number of ether oxygens (including phenoxy) is 2. The Labute approximate surface area is 129 Å². The number of carbonyl (C=O) groups excluding carboxylic acids is 4. The Kier molecular flexibility index (Phi) is 6.81. The normalized spacial score (nSPS) is 19.0. The Morgan fingerprint density at radius 1 is 1.32 bits per heavy atom. The maximum Gasteiger partial charge on any atom is 0.413 e. The molecule has 2 atom stereocenters. The van der Waals surface area contributed by atoms with Crippen LogP contribution < -0.4 is 5.32 Å². The Balaban J connectivity index is 2.34. The fourth-order valence-corrected chi connectivity index (χ4v) is 2.23. The van der Waals surface area contributed by atoms with Gasteiger partial charge in [-0.05, 0) is 19.8 Å². The van der Waals surface area contributed by atoms with E-state index in [1.54, 1.807) is 0 Å². The molecule has 1 rings (SSSR count). The molecule has 1 saturated carbocycles. The van der Waals surface area contributed by atoms with Gasteiger partial charge in [-0.25, -0.2) is 9.59 Å². The van der Waals surface area contributed by atoms with Gasteiger partial charge in [0.15, 0.2) is 5.78 Å². The number of ketones is 1. The molecule has 0 saturated heterocycles. The largest absolute Gasteiger partial charge is 0.426 e. The van der Waals surface area contributed by atoms with Crippen LogP contribution in [0.2, 0.25) is 0 Å². The molecule has 0 aliphatic heterocycles. The lowest BCUT2D eigenvalue weighted by Crippen LogP contribution is -2.44. The van der Waals surface area contributed by atoms with E-state index in [4.69, 9.17) is 9.47 Å². The molecule has 1 aliphatic carbocycles. The zero-order valence-electron chi connectivity index (χ0n) is 13.1. The van der Waals surface area contributed by atoms with E-state index < -0.39 is 30.9 Å². The van der Waals surface area contributed by atoms with Crippen molar-refractivity contribution >= 4 is 23.8 Å². The van der Waals surface area contributed by atoms with E-state index in [0.29, 0.717) is 12.8 Å². The van der Waals surface area contributed by atoms with Crippen molar-refractivity contribution in [1.29, 1.82) is 0 Å². The molecule has 0 aromatic rings. The lowest BCUT2D eigenvalue weighted by atomic mass is 9.93. The Morgan fingerprint density at radius 2 is 2.00 bits per heavy atom. The molecular weight excluding hydrogens is 292 g/mol. The van der Waals surface area contributed by atoms with Gasteiger partial charge in [0, 0.05) is 20.4 Å². The Hall–Kier alpha value is -2.12. The van der Waals surface area contributed by atoms with Crippen molar-refractivity contribution in [3.05, 3.63) is 0 Å². The maximum absolute atomic E-state index is 11.8. The van der Waals surface area contributed by atoms with Crippen LogP contribution in [0.15, 0.2) is 0 Å². The van der Waals surface area contributed by atoms with Crippen LogP contribution >= 0.6 is 0 Å². The van der Waals surface area contributed by atoms with E-state index in [1.807, 2.05) is 0 Å². The summed E-state index contributed by atoms with van der Waals surface area (Å²) in [6.45, 7) is 2.17. The third-order valence-corrected chi connectivity index (χ3v) is 3.43. The number of Topliss-reactive ketones (excluding diaryl/α,β-unsaturated/α-hetero) is 1. The molecule has 1 fully saturated rings. The highest BCUT2D eigenvalue weighted by molar-refractivity contribution is 5.88. The molecule has 0 aromatic carbocycles. The van der Waals surface area contributed by atoms with Crippen LogP contribution in [0.3, 0.4) is 0 Å². The molecule has 1 aliphatic rings. The van der Waals surface area contributed by atoms with E-state index in [1.165, 1.54) is 25.8 Å². The van der Waals surface area contributed by atoms with E-state index >= 15 is 0 Å². The maximum atomic E-state index is 11.8. The average Bonchev–Trinajstić information content (AvgIpc) is 2.46. The Morgan fingerprint density at radius 3 is 2.59 bits per heavy atom. The predicted octanol–water partition coefficient (Wildman–Crippen LogP) is 0.592. The van der Waals surface area contributed by atoms with E-state index in [-0.39, 0.29) is 11.7 Å². The van der Waals surface area contributed by atoms with Crippen molar-refractivity contribution < 1.29 is 28.7 Å².